The van der Waals surface area contributed by atoms with E-state index in [4.69, 9.17) is 17.3 Å². The molecule has 192 valence electrons. The summed E-state index contributed by atoms with van der Waals surface area (Å²) >= 11 is 6.16. The summed E-state index contributed by atoms with van der Waals surface area (Å²) in [4.78, 5) is 14.3. The molecule has 0 bridgehead atoms. The molecule has 0 saturated heterocycles. The third-order valence-electron chi connectivity index (χ3n) is 6.10. The van der Waals surface area contributed by atoms with Gasteiger partial charge in [-0.15, -0.1) is 0 Å². The van der Waals surface area contributed by atoms with Crippen molar-refractivity contribution in [2.24, 2.45) is 0 Å². The Bertz CT molecular complexity index is 1380. The van der Waals surface area contributed by atoms with E-state index in [0.29, 0.717) is 33.3 Å². The van der Waals surface area contributed by atoms with E-state index in [0.717, 1.165) is 37.2 Å². The van der Waals surface area contributed by atoms with E-state index >= 15 is 0 Å². The molecule has 4 aromatic rings. The molecule has 1 aromatic carbocycles. The number of anilines is 2. The van der Waals surface area contributed by atoms with Crippen LogP contribution in [0.5, 0.6) is 0 Å². The Labute approximate surface area is 214 Å². The van der Waals surface area contributed by atoms with Crippen molar-refractivity contribution in [3.8, 4) is 11.3 Å². The Morgan fingerprint density at radius 3 is 2.64 bits per heavy atom. The molecule has 0 spiro atoms. The summed E-state index contributed by atoms with van der Waals surface area (Å²) in [5, 5.41) is 14.3. The first-order valence-electron chi connectivity index (χ1n) is 12.0. The van der Waals surface area contributed by atoms with Crippen molar-refractivity contribution in [2.75, 3.05) is 24.7 Å². The molecule has 1 unspecified atom stereocenters. The molecule has 0 radical (unpaired) electrons. The van der Waals surface area contributed by atoms with E-state index < -0.39 is 5.82 Å². The number of nitrogen functional groups attached to an aromatic ring is 1. The van der Waals surface area contributed by atoms with Crippen LogP contribution in [0.2, 0.25) is 5.02 Å². The lowest BCUT2D eigenvalue weighted by Gasteiger charge is -2.18. The highest BCUT2D eigenvalue weighted by Crippen LogP contribution is 2.33. The summed E-state index contributed by atoms with van der Waals surface area (Å²) in [6.07, 6.45) is 4.00. The van der Waals surface area contributed by atoms with Gasteiger partial charge in [0.25, 0.3) is 0 Å². The molecule has 0 amide bonds. The second-order valence-electron chi connectivity index (χ2n) is 9.32. The number of rotatable bonds is 4. The molecule has 11 heteroatoms. The van der Waals surface area contributed by atoms with Gasteiger partial charge < -0.3 is 20.3 Å². The average molecular weight is 515 g/mol. The number of hydrogen-bond acceptors (Lipinski definition) is 7. The minimum absolute atomic E-state index is 0.0845. The van der Waals surface area contributed by atoms with Gasteiger partial charge in [0.15, 0.2) is 5.82 Å². The third-order valence-corrected chi connectivity index (χ3v) is 6.37. The first-order valence-corrected chi connectivity index (χ1v) is 12.4. The topological polar surface area (TPSA) is 111 Å². The molecule has 3 aromatic heterocycles. The van der Waals surface area contributed by atoms with Gasteiger partial charge in [0.2, 0.25) is 11.9 Å². The van der Waals surface area contributed by atoms with Crippen molar-refractivity contribution in [3.05, 3.63) is 46.6 Å². The maximum absolute atomic E-state index is 14.7. The Hall–Kier alpha value is -3.24. The summed E-state index contributed by atoms with van der Waals surface area (Å²) in [7, 11) is 3.75. The number of aryl methyl sites for hydroxylation is 2. The number of aliphatic hydroxyl groups is 1. The summed E-state index contributed by atoms with van der Waals surface area (Å²) in [5.74, 6) is 0.337. The number of hydrogen-bond donors (Lipinski definition) is 2. The van der Waals surface area contributed by atoms with Gasteiger partial charge in [0.1, 0.15) is 5.52 Å². The number of aliphatic hydroxyl groups excluding tert-OH is 1. The van der Waals surface area contributed by atoms with E-state index in [1.165, 1.54) is 12.3 Å². The zero-order valence-electron chi connectivity index (χ0n) is 21.2. The lowest BCUT2D eigenvalue weighted by Crippen LogP contribution is -2.16. The number of nitrogens with two attached hydrogens (primary N) is 1. The van der Waals surface area contributed by atoms with Crippen LogP contribution in [0.3, 0.4) is 0 Å². The van der Waals surface area contributed by atoms with Crippen LogP contribution in [0.1, 0.15) is 57.1 Å². The quantitative estimate of drug-likeness (QED) is 0.403. The van der Waals surface area contributed by atoms with Gasteiger partial charge in [-0.2, -0.15) is 5.10 Å². The smallest absolute Gasteiger partial charge is 0.220 e. The first-order chi connectivity index (χ1) is 17.1. The highest BCUT2D eigenvalue weighted by Gasteiger charge is 2.21. The van der Waals surface area contributed by atoms with Gasteiger partial charge in [0.05, 0.1) is 39.9 Å². The fourth-order valence-electron chi connectivity index (χ4n) is 4.37. The second-order valence-corrected chi connectivity index (χ2v) is 9.72. The second kappa shape index (κ2) is 10.4. The molecule has 1 atom stereocenters. The number of nitrogens with zero attached hydrogens (tertiary/aromatic N) is 7. The van der Waals surface area contributed by atoms with Crippen LogP contribution in [-0.4, -0.2) is 48.5 Å². The van der Waals surface area contributed by atoms with E-state index in [1.54, 1.807) is 0 Å². The molecule has 0 aliphatic carbocycles. The molecule has 0 saturated carbocycles. The van der Waals surface area contributed by atoms with Crippen LogP contribution in [0.4, 0.5) is 16.3 Å². The third kappa shape index (κ3) is 5.01. The van der Waals surface area contributed by atoms with Crippen molar-refractivity contribution in [1.29, 1.82) is 0 Å². The Morgan fingerprint density at radius 1 is 1.25 bits per heavy atom. The molecule has 1 aliphatic rings. The van der Waals surface area contributed by atoms with E-state index in [9.17, 15) is 9.50 Å². The van der Waals surface area contributed by atoms with Crippen LogP contribution in [0.15, 0.2) is 24.4 Å². The maximum atomic E-state index is 14.7. The first kappa shape index (κ1) is 25.8. The van der Waals surface area contributed by atoms with E-state index in [2.05, 4.69) is 27.0 Å². The van der Waals surface area contributed by atoms with Crippen LogP contribution >= 0.6 is 11.6 Å². The fourth-order valence-corrected chi connectivity index (χ4v) is 4.57. The minimum atomic E-state index is -0.432. The van der Waals surface area contributed by atoms with Crippen molar-refractivity contribution in [2.45, 2.75) is 58.7 Å². The number of aromatic nitrogens is 6. The number of imidazole rings is 1. The van der Waals surface area contributed by atoms with Crippen molar-refractivity contribution < 1.29 is 9.50 Å². The minimum Gasteiger partial charge on any atom is -0.387 e. The van der Waals surface area contributed by atoms with Gasteiger partial charge >= 0.3 is 0 Å². The van der Waals surface area contributed by atoms with Crippen LogP contribution < -0.4 is 10.6 Å². The Balaban J connectivity index is 0.000000211. The molecule has 5 rings (SSSR count). The van der Waals surface area contributed by atoms with E-state index in [1.807, 2.05) is 54.2 Å². The largest absolute Gasteiger partial charge is 0.387 e. The summed E-state index contributed by atoms with van der Waals surface area (Å²) in [6, 6.07) is 5.32. The van der Waals surface area contributed by atoms with E-state index in [-0.39, 0.29) is 18.1 Å². The average Bonchev–Trinajstić information content (AvgIpc) is 3.44. The van der Waals surface area contributed by atoms with Crippen LogP contribution in [-0.2, 0) is 13.0 Å². The predicted molar refractivity (Wildman–Crippen MR) is 141 cm³/mol. The lowest BCUT2D eigenvalue weighted by atomic mass is 10.1. The molecule has 9 nitrogen and oxygen atoms in total. The summed E-state index contributed by atoms with van der Waals surface area (Å²) < 4.78 is 18.6. The standard InChI is InChI=1S/C16H18ClFN6.C9H14N2O/c1-8(2)24-12-6-9(13-10(17)7-20-15(19)21-13)5-11(18)14(12)22-16(24)23(3)4;1-2-7-6-8-9(12)4-3-5-11(8)10-7/h5-8H,1-4H3,(H2,19,20,21);6,9,12H,2-5H2,1H3. The Kier molecular flexibility index (Phi) is 7.46. The highest BCUT2D eigenvalue weighted by atomic mass is 35.5. The highest BCUT2D eigenvalue weighted by molar-refractivity contribution is 6.33. The Morgan fingerprint density at radius 2 is 2.00 bits per heavy atom. The van der Waals surface area contributed by atoms with Crippen LogP contribution in [0, 0.1) is 5.82 Å². The van der Waals surface area contributed by atoms with Gasteiger partial charge in [-0.05, 0) is 51.3 Å². The van der Waals surface area contributed by atoms with Gasteiger partial charge in [-0.3, -0.25) is 4.68 Å². The van der Waals surface area contributed by atoms with Crippen molar-refractivity contribution >= 4 is 34.5 Å². The molecule has 3 N–H and O–H groups in total. The van der Waals surface area contributed by atoms with Crippen LogP contribution in [0.25, 0.3) is 22.3 Å². The van der Waals surface area contributed by atoms with Crippen molar-refractivity contribution in [1.82, 2.24) is 29.3 Å². The predicted octanol–water partition coefficient (Wildman–Crippen LogP) is 4.79. The monoisotopic (exact) mass is 514 g/mol. The molecule has 36 heavy (non-hydrogen) atoms. The zero-order chi connectivity index (χ0) is 26.1. The number of halogens is 2. The van der Waals surface area contributed by atoms with Gasteiger partial charge in [-0.1, -0.05) is 18.5 Å². The van der Waals surface area contributed by atoms with Gasteiger partial charge in [-0.25, -0.2) is 19.3 Å². The summed E-state index contributed by atoms with van der Waals surface area (Å²) in [6.45, 7) is 7.09. The maximum Gasteiger partial charge on any atom is 0.220 e. The zero-order valence-corrected chi connectivity index (χ0v) is 22.0. The van der Waals surface area contributed by atoms with Crippen molar-refractivity contribution in [3.63, 3.8) is 0 Å². The number of fused-ring (bicyclic) bond motifs is 2. The lowest BCUT2D eigenvalue weighted by molar-refractivity contribution is 0.135. The molecule has 4 heterocycles. The molecular formula is C25H32ClFN8O. The molecule has 1 aliphatic heterocycles. The number of benzene rings is 1. The SMILES string of the molecule is CC(C)n1c(N(C)C)nc2c(F)cc(-c3nc(N)ncc3Cl)cc21.CCc1cc2n(n1)CCCC2O. The fraction of sp³-hybridized carbons (Fsp3) is 0.440. The molecular weight excluding hydrogens is 483 g/mol. The molecule has 0 fully saturated rings. The summed E-state index contributed by atoms with van der Waals surface area (Å²) in [5.41, 5.74) is 9.65. The normalized spacial score (nSPS) is 15.1. The van der Waals surface area contributed by atoms with Gasteiger partial charge in [0, 0.05) is 32.2 Å².